The van der Waals surface area contributed by atoms with Gasteiger partial charge in [-0.25, -0.2) is 15.8 Å². The number of hydrogen-bond acceptors (Lipinski definition) is 2. The molecule has 0 saturated carbocycles. The summed E-state index contributed by atoms with van der Waals surface area (Å²) in [5.74, 6) is 5.54. The van der Waals surface area contributed by atoms with Gasteiger partial charge in [0.25, 0.3) is 0 Å². The highest BCUT2D eigenvalue weighted by atomic mass is 35.5. The Bertz CT molecular complexity index is 435. The van der Waals surface area contributed by atoms with E-state index in [4.69, 9.17) is 29.0 Å². The zero-order chi connectivity index (χ0) is 12.7. The predicted octanol–water partition coefficient (Wildman–Crippen LogP) is 2.42. The van der Waals surface area contributed by atoms with E-state index in [9.17, 15) is 0 Å². The molecule has 0 aromatic heterocycles. The summed E-state index contributed by atoms with van der Waals surface area (Å²) in [7, 11) is 0. The molecule has 0 saturated heterocycles. The average molecular weight is 271 g/mol. The molecule has 1 aromatic rings. The molecule has 0 bridgehead atoms. The van der Waals surface area contributed by atoms with Gasteiger partial charge in [-0.2, -0.15) is 0 Å². The maximum atomic E-state index is 5.98. The molecule has 1 aromatic carbocycles. The van der Waals surface area contributed by atoms with Crippen molar-refractivity contribution in [2.24, 2.45) is 15.8 Å². The summed E-state index contributed by atoms with van der Waals surface area (Å²) in [4.78, 5) is 8.06. The summed E-state index contributed by atoms with van der Waals surface area (Å²) >= 11 is 12.0. The number of benzene rings is 1. The average Bonchev–Trinajstić information content (AvgIpc) is 2.32. The van der Waals surface area contributed by atoms with Gasteiger partial charge in [-0.05, 0) is 12.1 Å². The van der Waals surface area contributed by atoms with Crippen LogP contribution in [0.3, 0.4) is 0 Å². The van der Waals surface area contributed by atoms with Crippen molar-refractivity contribution in [3.05, 3.63) is 46.5 Å². The molecule has 0 aliphatic rings. The fourth-order valence-corrected chi connectivity index (χ4v) is 1.53. The summed E-state index contributed by atoms with van der Waals surface area (Å²) in [5.41, 5.74) is 2.99. The molecule has 0 spiro atoms. The zero-order valence-corrected chi connectivity index (χ0v) is 10.5. The molecule has 4 nitrogen and oxygen atoms in total. The van der Waals surface area contributed by atoms with E-state index in [0.717, 1.165) is 0 Å². The minimum absolute atomic E-state index is 0.279. The molecule has 0 radical (unpaired) electrons. The molecule has 0 aliphatic carbocycles. The third-order valence-electron chi connectivity index (χ3n) is 1.81. The highest BCUT2D eigenvalue weighted by molar-refractivity contribution is 6.38. The third-order valence-corrected chi connectivity index (χ3v) is 2.47. The van der Waals surface area contributed by atoms with E-state index in [1.54, 1.807) is 24.3 Å². The standard InChI is InChI=1S/C11H12Cl2N4/c1-2-6-15-11(17-14)16-7-8-9(12)4-3-5-10(8)13/h2-5,7H,1,6,14H2,(H,15,17). The van der Waals surface area contributed by atoms with Crippen LogP contribution in [-0.2, 0) is 0 Å². The Kier molecular flexibility index (Phi) is 5.69. The molecule has 0 fully saturated rings. The Balaban J connectivity index is 2.92. The first-order chi connectivity index (χ1) is 8.19. The van der Waals surface area contributed by atoms with E-state index in [1.807, 2.05) is 0 Å². The van der Waals surface area contributed by atoms with E-state index in [-0.39, 0.29) is 5.96 Å². The van der Waals surface area contributed by atoms with Crippen molar-refractivity contribution in [3.63, 3.8) is 0 Å². The van der Waals surface area contributed by atoms with Crippen LogP contribution in [0.2, 0.25) is 10.0 Å². The second-order valence-corrected chi connectivity index (χ2v) is 3.81. The highest BCUT2D eigenvalue weighted by Crippen LogP contribution is 2.22. The fraction of sp³-hybridized carbons (Fsp3) is 0.0909. The molecule has 0 amide bonds. The Morgan fingerprint density at radius 3 is 2.59 bits per heavy atom. The van der Waals surface area contributed by atoms with Gasteiger partial charge >= 0.3 is 0 Å². The Labute approximate surface area is 110 Å². The number of nitrogens with zero attached hydrogens (tertiary/aromatic N) is 2. The smallest absolute Gasteiger partial charge is 0.232 e. The van der Waals surface area contributed by atoms with Crippen LogP contribution in [0.25, 0.3) is 0 Å². The van der Waals surface area contributed by atoms with E-state index >= 15 is 0 Å². The van der Waals surface area contributed by atoms with Crippen LogP contribution in [-0.4, -0.2) is 18.7 Å². The van der Waals surface area contributed by atoms with Crippen LogP contribution in [0, 0.1) is 0 Å². The quantitative estimate of drug-likeness (QED) is 0.291. The molecule has 0 heterocycles. The van der Waals surface area contributed by atoms with Gasteiger partial charge in [-0.3, -0.25) is 5.43 Å². The monoisotopic (exact) mass is 270 g/mol. The maximum Gasteiger partial charge on any atom is 0.232 e. The number of aliphatic imine (C=N–C) groups is 2. The number of halogens is 2. The fourth-order valence-electron chi connectivity index (χ4n) is 1.03. The maximum absolute atomic E-state index is 5.98. The van der Waals surface area contributed by atoms with Crippen LogP contribution < -0.4 is 11.3 Å². The molecule has 3 N–H and O–H groups in total. The molecule has 17 heavy (non-hydrogen) atoms. The molecule has 1 rings (SSSR count). The van der Waals surface area contributed by atoms with Crippen molar-refractivity contribution in [2.75, 3.05) is 6.54 Å². The van der Waals surface area contributed by atoms with Gasteiger partial charge in [0.15, 0.2) is 0 Å². The summed E-state index contributed by atoms with van der Waals surface area (Å²) in [6.07, 6.45) is 3.14. The van der Waals surface area contributed by atoms with Crippen LogP contribution in [0.15, 0.2) is 40.8 Å². The number of hydrogen-bond donors (Lipinski definition) is 2. The van der Waals surface area contributed by atoms with Crippen molar-refractivity contribution >= 4 is 35.4 Å². The van der Waals surface area contributed by atoms with Crippen LogP contribution in [0.1, 0.15) is 5.56 Å². The van der Waals surface area contributed by atoms with Gasteiger partial charge in [0, 0.05) is 11.8 Å². The SMILES string of the molecule is C=CCN=C(N=Cc1c(Cl)cccc1Cl)NN. The van der Waals surface area contributed by atoms with E-state index in [0.29, 0.717) is 22.2 Å². The third kappa shape index (κ3) is 4.19. The van der Waals surface area contributed by atoms with Crippen molar-refractivity contribution in [1.82, 2.24) is 5.43 Å². The van der Waals surface area contributed by atoms with Crippen LogP contribution in [0.4, 0.5) is 0 Å². The Hall–Kier alpha value is -1.36. The number of hydrazine groups is 1. The molecule has 0 atom stereocenters. The van der Waals surface area contributed by atoms with Crippen LogP contribution in [0.5, 0.6) is 0 Å². The minimum atomic E-state index is 0.279. The van der Waals surface area contributed by atoms with Gasteiger partial charge in [0.2, 0.25) is 5.96 Å². The molecule has 90 valence electrons. The second-order valence-electron chi connectivity index (χ2n) is 2.99. The Morgan fingerprint density at radius 2 is 2.06 bits per heavy atom. The van der Waals surface area contributed by atoms with E-state index < -0.39 is 0 Å². The lowest BCUT2D eigenvalue weighted by Gasteiger charge is -2.01. The first-order valence-corrected chi connectivity index (χ1v) is 5.54. The highest BCUT2D eigenvalue weighted by Gasteiger charge is 2.02. The summed E-state index contributed by atoms with van der Waals surface area (Å²) < 4.78 is 0. The first-order valence-electron chi connectivity index (χ1n) is 4.79. The lowest BCUT2D eigenvalue weighted by atomic mass is 10.2. The van der Waals surface area contributed by atoms with Crippen molar-refractivity contribution in [1.29, 1.82) is 0 Å². The van der Waals surface area contributed by atoms with Crippen LogP contribution >= 0.6 is 23.2 Å². The number of guanidine groups is 1. The lowest BCUT2D eigenvalue weighted by molar-refractivity contribution is 0.990. The van der Waals surface area contributed by atoms with Crippen molar-refractivity contribution in [3.8, 4) is 0 Å². The molecule has 0 unspecified atom stereocenters. The minimum Gasteiger partial charge on any atom is -0.293 e. The van der Waals surface area contributed by atoms with Crippen molar-refractivity contribution < 1.29 is 0 Å². The zero-order valence-electron chi connectivity index (χ0n) is 9.03. The predicted molar refractivity (Wildman–Crippen MR) is 73.9 cm³/mol. The topological polar surface area (TPSA) is 62.8 Å². The lowest BCUT2D eigenvalue weighted by Crippen LogP contribution is -2.29. The second kappa shape index (κ2) is 7.06. The van der Waals surface area contributed by atoms with Crippen molar-refractivity contribution in [2.45, 2.75) is 0 Å². The van der Waals surface area contributed by atoms with Gasteiger partial charge in [0.1, 0.15) is 0 Å². The summed E-state index contributed by atoms with van der Waals surface area (Å²) in [6.45, 7) is 3.97. The first kappa shape index (κ1) is 13.7. The number of rotatable bonds is 3. The van der Waals surface area contributed by atoms with E-state index in [2.05, 4.69) is 22.0 Å². The molecular weight excluding hydrogens is 259 g/mol. The van der Waals surface area contributed by atoms with Gasteiger partial charge < -0.3 is 0 Å². The molecular formula is C11H12Cl2N4. The summed E-state index contributed by atoms with van der Waals surface area (Å²) in [6, 6.07) is 5.21. The van der Waals surface area contributed by atoms with Gasteiger partial charge in [-0.1, -0.05) is 35.3 Å². The summed E-state index contributed by atoms with van der Waals surface area (Å²) in [5, 5.41) is 1.03. The number of nitrogens with one attached hydrogen (secondary N) is 1. The Morgan fingerprint density at radius 1 is 1.41 bits per heavy atom. The molecule has 0 aliphatic heterocycles. The van der Waals surface area contributed by atoms with Gasteiger partial charge in [-0.15, -0.1) is 6.58 Å². The van der Waals surface area contributed by atoms with E-state index in [1.165, 1.54) is 6.21 Å². The largest absolute Gasteiger partial charge is 0.293 e. The number of nitrogens with two attached hydrogens (primary N) is 1. The normalized spacial score (nSPS) is 11.8. The molecule has 6 heteroatoms. The van der Waals surface area contributed by atoms with Gasteiger partial charge in [0.05, 0.1) is 16.6 Å².